The van der Waals surface area contributed by atoms with Crippen LogP contribution in [0.4, 0.5) is 0 Å². The van der Waals surface area contributed by atoms with Crippen LogP contribution in [0.5, 0.6) is 0 Å². The lowest BCUT2D eigenvalue weighted by molar-refractivity contribution is -0.115. The van der Waals surface area contributed by atoms with Crippen LogP contribution >= 0.6 is 0 Å². The molecular weight excluding hydrogens is 204 g/mol. The van der Waals surface area contributed by atoms with Crippen molar-refractivity contribution in [3.8, 4) is 0 Å². The van der Waals surface area contributed by atoms with Crippen LogP contribution in [-0.4, -0.2) is 28.7 Å². The minimum Gasteiger partial charge on any atom is -0.396 e. The van der Waals surface area contributed by atoms with E-state index in [-0.39, 0.29) is 18.8 Å². The quantitative estimate of drug-likeness (QED) is 0.534. The molecule has 0 spiro atoms. The summed E-state index contributed by atoms with van der Waals surface area (Å²) in [6.07, 6.45) is 6.82. The number of unbranched alkanes of at least 4 members (excludes halogenated alkanes) is 2. The zero-order chi connectivity index (χ0) is 12.0. The first-order chi connectivity index (χ1) is 7.63. The maximum atomic E-state index is 11.4. The van der Waals surface area contributed by atoms with Crippen LogP contribution in [0.15, 0.2) is 23.3 Å². The third kappa shape index (κ3) is 4.29. The maximum absolute atomic E-state index is 11.4. The second-order valence-corrected chi connectivity index (χ2v) is 4.33. The lowest BCUT2D eigenvalue weighted by Crippen LogP contribution is -2.01. The van der Waals surface area contributed by atoms with Crippen molar-refractivity contribution < 1.29 is 15.0 Å². The molecule has 0 saturated heterocycles. The molecule has 1 unspecified atom stereocenters. The molecule has 1 atom stereocenters. The summed E-state index contributed by atoms with van der Waals surface area (Å²) in [5.74, 6) is 0.0654. The lowest BCUT2D eigenvalue weighted by atomic mass is 10.0. The van der Waals surface area contributed by atoms with Crippen LogP contribution < -0.4 is 0 Å². The number of rotatable bonds is 6. The summed E-state index contributed by atoms with van der Waals surface area (Å²) in [7, 11) is 0. The average Bonchev–Trinajstić information content (AvgIpc) is 2.52. The molecule has 0 aliphatic heterocycles. The van der Waals surface area contributed by atoms with Gasteiger partial charge in [-0.25, -0.2) is 0 Å². The molecule has 0 heterocycles. The van der Waals surface area contributed by atoms with E-state index in [1.54, 1.807) is 6.08 Å². The van der Waals surface area contributed by atoms with Gasteiger partial charge in [-0.3, -0.25) is 4.79 Å². The van der Waals surface area contributed by atoms with Crippen molar-refractivity contribution >= 4 is 5.78 Å². The number of Topliss-reactive ketones (excluding diaryl/α,β-unsaturated/α-hetero) is 1. The standard InChI is InChI=1S/C13H20O3/c1-10(5-3-2-4-6-14)7-11-8-12(15)9-13(11)16/h5,8,12,14-15H,2-4,6-7,9H2,1H3/b10-5+. The third-order valence-corrected chi connectivity index (χ3v) is 2.72. The summed E-state index contributed by atoms with van der Waals surface area (Å²) in [5, 5.41) is 17.9. The molecule has 1 rings (SSSR count). The van der Waals surface area contributed by atoms with Crippen LogP contribution in [0.1, 0.15) is 39.0 Å². The predicted molar refractivity (Wildman–Crippen MR) is 63.0 cm³/mol. The minimum absolute atomic E-state index is 0.0654. The van der Waals surface area contributed by atoms with Crippen molar-refractivity contribution in [3.63, 3.8) is 0 Å². The molecule has 1 aliphatic carbocycles. The van der Waals surface area contributed by atoms with Crippen LogP contribution in [-0.2, 0) is 4.79 Å². The Morgan fingerprint density at radius 1 is 1.56 bits per heavy atom. The fourth-order valence-corrected chi connectivity index (χ4v) is 1.84. The predicted octanol–water partition coefficient (Wildman–Crippen LogP) is 1.75. The molecule has 0 saturated carbocycles. The zero-order valence-corrected chi connectivity index (χ0v) is 9.78. The van der Waals surface area contributed by atoms with E-state index in [4.69, 9.17) is 5.11 Å². The topological polar surface area (TPSA) is 57.5 Å². The molecule has 0 amide bonds. The molecule has 3 nitrogen and oxygen atoms in total. The Balaban J connectivity index is 2.36. The number of carbonyl (C=O) groups is 1. The first-order valence-corrected chi connectivity index (χ1v) is 5.82. The van der Waals surface area contributed by atoms with Gasteiger partial charge in [0.25, 0.3) is 0 Å². The second kappa shape index (κ2) is 6.61. The Labute approximate surface area is 96.5 Å². The first-order valence-electron chi connectivity index (χ1n) is 5.82. The number of hydrogen-bond donors (Lipinski definition) is 2. The van der Waals surface area contributed by atoms with Crippen LogP contribution in [0.3, 0.4) is 0 Å². The molecule has 0 radical (unpaired) electrons. The van der Waals surface area contributed by atoms with Gasteiger partial charge < -0.3 is 10.2 Å². The van der Waals surface area contributed by atoms with Crippen molar-refractivity contribution in [2.75, 3.05) is 6.61 Å². The maximum Gasteiger partial charge on any atom is 0.161 e. The van der Waals surface area contributed by atoms with E-state index >= 15 is 0 Å². The van der Waals surface area contributed by atoms with Gasteiger partial charge in [-0.1, -0.05) is 11.6 Å². The summed E-state index contributed by atoms with van der Waals surface area (Å²) in [6.45, 7) is 2.24. The number of allylic oxidation sites excluding steroid dienone is 3. The molecule has 90 valence electrons. The van der Waals surface area contributed by atoms with Gasteiger partial charge in [0, 0.05) is 13.0 Å². The second-order valence-electron chi connectivity index (χ2n) is 4.33. The molecule has 0 aromatic carbocycles. The normalized spacial score (nSPS) is 21.4. The molecule has 0 aromatic heterocycles. The smallest absolute Gasteiger partial charge is 0.161 e. The van der Waals surface area contributed by atoms with E-state index in [9.17, 15) is 9.90 Å². The van der Waals surface area contributed by atoms with E-state index in [0.717, 1.165) is 30.4 Å². The summed E-state index contributed by atoms with van der Waals surface area (Å²) >= 11 is 0. The Morgan fingerprint density at radius 2 is 2.31 bits per heavy atom. The van der Waals surface area contributed by atoms with Gasteiger partial charge in [-0.15, -0.1) is 0 Å². The molecular formula is C13H20O3. The van der Waals surface area contributed by atoms with Gasteiger partial charge in [-0.05, 0) is 44.3 Å². The number of aliphatic hydroxyl groups is 2. The van der Waals surface area contributed by atoms with Crippen molar-refractivity contribution in [2.24, 2.45) is 0 Å². The Hall–Kier alpha value is -0.930. The highest BCUT2D eigenvalue weighted by Crippen LogP contribution is 2.21. The SMILES string of the molecule is C/C(=C\CCCCO)CC1=CC(O)CC1=O. The van der Waals surface area contributed by atoms with Gasteiger partial charge in [0.2, 0.25) is 0 Å². The van der Waals surface area contributed by atoms with Crippen molar-refractivity contribution in [1.29, 1.82) is 0 Å². The molecule has 16 heavy (non-hydrogen) atoms. The Bertz CT molecular complexity index is 302. The molecule has 0 aromatic rings. The number of hydrogen-bond acceptors (Lipinski definition) is 3. The molecule has 3 heteroatoms. The lowest BCUT2D eigenvalue weighted by Gasteiger charge is -2.01. The highest BCUT2D eigenvalue weighted by atomic mass is 16.3. The van der Waals surface area contributed by atoms with Crippen molar-refractivity contribution in [3.05, 3.63) is 23.3 Å². The molecule has 0 fully saturated rings. The van der Waals surface area contributed by atoms with E-state index in [2.05, 4.69) is 6.08 Å². The Morgan fingerprint density at radius 3 is 2.88 bits per heavy atom. The van der Waals surface area contributed by atoms with Crippen molar-refractivity contribution in [1.82, 2.24) is 0 Å². The molecule has 2 N–H and O–H groups in total. The largest absolute Gasteiger partial charge is 0.396 e. The number of aliphatic hydroxyl groups excluding tert-OH is 2. The fourth-order valence-electron chi connectivity index (χ4n) is 1.84. The summed E-state index contributed by atoms with van der Waals surface area (Å²) in [5.41, 5.74) is 1.90. The fraction of sp³-hybridized carbons (Fsp3) is 0.615. The van der Waals surface area contributed by atoms with Crippen LogP contribution in [0.2, 0.25) is 0 Å². The van der Waals surface area contributed by atoms with Gasteiger partial charge in [0.15, 0.2) is 5.78 Å². The summed E-state index contributed by atoms with van der Waals surface area (Å²) in [4.78, 5) is 11.4. The average molecular weight is 224 g/mol. The third-order valence-electron chi connectivity index (χ3n) is 2.72. The highest BCUT2D eigenvalue weighted by Gasteiger charge is 2.21. The van der Waals surface area contributed by atoms with E-state index in [1.165, 1.54) is 0 Å². The molecule has 1 aliphatic rings. The number of ketones is 1. The number of carbonyl (C=O) groups excluding carboxylic acids is 1. The van der Waals surface area contributed by atoms with E-state index in [0.29, 0.717) is 6.42 Å². The van der Waals surface area contributed by atoms with Gasteiger partial charge in [-0.2, -0.15) is 0 Å². The van der Waals surface area contributed by atoms with E-state index in [1.807, 2.05) is 6.92 Å². The monoisotopic (exact) mass is 224 g/mol. The highest BCUT2D eigenvalue weighted by molar-refractivity contribution is 5.98. The van der Waals surface area contributed by atoms with Crippen molar-refractivity contribution in [2.45, 2.75) is 45.1 Å². The van der Waals surface area contributed by atoms with E-state index < -0.39 is 6.10 Å². The van der Waals surface area contributed by atoms with Gasteiger partial charge >= 0.3 is 0 Å². The summed E-state index contributed by atoms with van der Waals surface area (Å²) < 4.78 is 0. The van der Waals surface area contributed by atoms with Crippen LogP contribution in [0, 0.1) is 0 Å². The van der Waals surface area contributed by atoms with Gasteiger partial charge in [0.05, 0.1) is 6.10 Å². The van der Waals surface area contributed by atoms with Gasteiger partial charge in [0.1, 0.15) is 0 Å². The first kappa shape index (κ1) is 13.1. The molecule has 0 bridgehead atoms. The Kier molecular flexibility index (Phi) is 5.43. The minimum atomic E-state index is -0.579. The zero-order valence-electron chi connectivity index (χ0n) is 9.78. The van der Waals surface area contributed by atoms with Crippen LogP contribution in [0.25, 0.3) is 0 Å². The summed E-state index contributed by atoms with van der Waals surface area (Å²) in [6, 6.07) is 0.